The quantitative estimate of drug-likeness (QED) is 0.581. The van der Waals surface area contributed by atoms with E-state index in [1.807, 2.05) is 0 Å². The number of imide groups is 1. The van der Waals surface area contributed by atoms with Crippen molar-refractivity contribution in [2.45, 2.75) is 0 Å². The maximum absolute atomic E-state index is 13.1. The van der Waals surface area contributed by atoms with Crippen molar-refractivity contribution < 1.29 is 28.9 Å². The second-order valence-electron chi connectivity index (χ2n) is 6.26. The first-order valence-corrected chi connectivity index (χ1v) is 10.3. The highest BCUT2D eigenvalue weighted by molar-refractivity contribution is 8.04. The van der Waals surface area contributed by atoms with Crippen LogP contribution in [0.15, 0.2) is 53.4 Å². The molecule has 8 heteroatoms. The molecule has 0 bridgehead atoms. The third-order valence-corrected chi connectivity index (χ3v) is 5.54. The van der Waals surface area contributed by atoms with Crippen LogP contribution in [0.4, 0.5) is 0 Å². The SMILES string of the molecule is COc1ccc(OCCN2C(=O)C(SCCO)=C(c3ccccc3OC)C2=O)cc1. The molecular formula is C22H23NO6S. The summed E-state index contributed by atoms with van der Waals surface area (Å²) in [5.74, 6) is 1.35. The topological polar surface area (TPSA) is 85.3 Å². The summed E-state index contributed by atoms with van der Waals surface area (Å²) >= 11 is 1.16. The Bertz CT molecular complexity index is 941. The number of hydrogen-bond acceptors (Lipinski definition) is 7. The van der Waals surface area contributed by atoms with E-state index in [4.69, 9.17) is 14.2 Å². The molecule has 0 aliphatic carbocycles. The fourth-order valence-electron chi connectivity index (χ4n) is 3.05. The number of benzene rings is 2. The molecule has 0 spiro atoms. The number of rotatable bonds is 10. The number of para-hydroxylation sites is 1. The molecule has 0 unspecified atom stereocenters. The van der Waals surface area contributed by atoms with Crippen LogP contribution in [0.1, 0.15) is 5.56 Å². The molecule has 1 heterocycles. The van der Waals surface area contributed by atoms with E-state index in [-0.39, 0.29) is 19.8 Å². The molecule has 30 heavy (non-hydrogen) atoms. The van der Waals surface area contributed by atoms with Crippen molar-refractivity contribution in [3.05, 3.63) is 59.0 Å². The molecule has 1 aliphatic rings. The van der Waals surface area contributed by atoms with Crippen molar-refractivity contribution in [2.75, 3.05) is 39.7 Å². The third-order valence-electron chi connectivity index (χ3n) is 4.48. The van der Waals surface area contributed by atoms with Crippen LogP contribution < -0.4 is 14.2 Å². The van der Waals surface area contributed by atoms with Gasteiger partial charge in [-0.3, -0.25) is 14.5 Å². The van der Waals surface area contributed by atoms with Gasteiger partial charge in [-0.1, -0.05) is 18.2 Å². The number of hydrogen-bond donors (Lipinski definition) is 1. The number of ether oxygens (including phenoxy) is 3. The average molecular weight is 429 g/mol. The van der Waals surface area contributed by atoms with E-state index < -0.39 is 11.8 Å². The Morgan fingerprint density at radius 3 is 2.30 bits per heavy atom. The van der Waals surface area contributed by atoms with Crippen LogP contribution in [0, 0.1) is 0 Å². The molecule has 0 saturated heterocycles. The molecule has 2 aromatic carbocycles. The van der Waals surface area contributed by atoms with Crippen molar-refractivity contribution in [2.24, 2.45) is 0 Å². The molecule has 0 radical (unpaired) electrons. The van der Waals surface area contributed by atoms with Crippen molar-refractivity contribution in [1.29, 1.82) is 0 Å². The van der Waals surface area contributed by atoms with Gasteiger partial charge in [0.25, 0.3) is 11.8 Å². The number of aliphatic hydroxyl groups is 1. The lowest BCUT2D eigenvalue weighted by molar-refractivity contribution is -0.136. The van der Waals surface area contributed by atoms with Gasteiger partial charge >= 0.3 is 0 Å². The first kappa shape index (κ1) is 21.7. The summed E-state index contributed by atoms with van der Waals surface area (Å²) in [6.45, 7) is 0.155. The van der Waals surface area contributed by atoms with Gasteiger partial charge in [-0.15, -0.1) is 11.8 Å². The molecule has 158 valence electrons. The minimum Gasteiger partial charge on any atom is -0.497 e. The standard InChI is InChI=1S/C22H23NO6S/c1-27-15-7-9-16(10-8-15)29-13-11-23-21(25)19(20(22(23)26)30-14-12-24)17-5-3-4-6-18(17)28-2/h3-10,24H,11-14H2,1-2H3. The van der Waals surface area contributed by atoms with Gasteiger partial charge in [0.05, 0.1) is 37.8 Å². The van der Waals surface area contributed by atoms with E-state index in [2.05, 4.69) is 0 Å². The maximum atomic E-state index is 13.1. The van der Waals surface area contributed by atoms with Gasteiger partial charge in [0.2, 0.25) is 0 Å². The number of amides is 2. The maximum Gasteiger partial charge on any atom is 0.268 e. The second kappa shape index (κ2) is 10.2. The molecule has 2 aromatic rings. The number of thioether (sulfide) groups is 1. The lowest BCUT2D eigenvalue weighted by Crippen LogP contribution is -2.35. The van der Waals surface area contributed by atoms with Crippen LogP contribution in [-0.2, 0) is 9.59 Å². The zero-order valence-corrected chi connectivity index (χ0v) is 17.6. The van der Waals surface area contributed by atoms with Crippen LogP contribution in [0.2, 0.25) is 0 Å². The van der Waals surface area contributed by atoms with Crippen molar-refractivity contribution in [3.8, 4) is 17.2 Å². The summed E-state index contributed by atoms with van der Waals surface area (Å²) in [6.07, 6.45) is 0. The lowest BCUT2D eigenvalue weighted by Gasteiger charge is -2.16. The van der Waals surface area contributed by atoms with E-state index in [0.717, 1.165) is 11.8 Å². The van der Waals surface area contributed by atoms with Crippen LogP contribution in [0.5, 0.6) is 17.2 Å². The van der Waals surface area contributed by atoms with Gasteiger partial charge in [-0.25, -0.2) is 0 Å². The fourth-order valence-corrected chi connectivity index (χ4v) is 3.92. The van der Waals surface area contributed by atoms with Gasteiger partial charge in [-0.2, -0.15) is 0 Å². The summed E-state index contributed by atoms with van der Waals surface area (Å²) in [5.41, 5.74) is 0.845. The molecule has 3 rings (SSSR count). The van der Waals surface area contributed by atoms with E-state index in [1.54, 1.807) is 55.6 Å². The molecule has 0 saturated carbocycles. The molecule has 2 amide bonds. The van der Waals surface area contributed by atoms with Crippen molar-refractivity contribution in [1.82, 2.24) is 4.90 Å². The Morgan fingerprint density at radius 2 is 1.63 bits per heavy atom. The van der Waals surface area contributed by atoms with Crippen LogP contribution in [-0.4, -0.2) is 61.6 Å². The van der Waals surface area contributed by atoms with Crippen LogP contribution in [0.3, 0.4) is 0 Å². The number of aliphatic hydroxyl groups excluding tert-OH is 1. The predicted octanol–water partition coefficient (Wildman–Crippen LogP) is 2.59. The molecule has 1 N–H and O–H groups in total. The summed E-state index contributed by atoms with van der Waals surface area (Å²) in [7, 11) is 3.10. The highest BCUT2D eigenvalue weighted by Gasteiger charge is 2.39. The zero-order valence-electron chi connectivity index (χ0n) is 16.8. The van der Waals surface area contributed by atoms with Gasteiger partial charge in [0, 0.05) is 11.3 Å². The molecule has 0 atom stereocenters. The second-order valence-corrected chi connectivity index (χ2v) is 7.37. The minimum atomic E-state index is -0.400. The zero-order chi connectivity index (χ0) is 21.5. The first-order valence-electron chi connectivity index (χ1n) is 9.35. The van der Waals surface area contributed by atoms with Crippen molar-refractivity contribution in [3.63, 3.8) is 0 Å². The smallest absolute Gasteiger partial charge is 0.268 e. The third kappa shape index (κ3) is 4.60. The largest absolute Gasteiger partial charge is 0.497 e. The summed E-state index contributed by atoms with van der Waals surface area (Å²) in [5, 5.41) is 9.20. The Kier molecular flexibility index (Phi) is 7.37. The molecular weight excluding hydrogens is 406 g/mol. The summed E-state index contributed by atoms with van der Waals surface area (Å²) in [4.78, 5) is 27.6. The van der Waals surface area contributed by atoms with E-state index >= 15 is 0 Å². The Morgan fingerprint density at radius 1 is 0.933 bits per heavy atom. The molecule has 7 nitrogen and oxygen atoms in total. The van der Waals surface area contributed by atoms with E-state index in [9.17, 15) is 14.7 Å². The Labute approximate surface area is 179 Å². The Balaban J connectivity index is 1.77. The van der Waals surface area contributed by atoms with E-state index in [0.29, 0.717) is 39.0 Å². The molecule has 0 aromatic heterocycles. The highest BCUT2D eigenvalue weighted by Crippen LogP contribution is 2.39. The van der Waals surface area contributed by atoms with Crippen molar-refractivity contribution >= 4 is 29.1 Å². The monoisotopic (exact) mass is 429 g/mol. The van der Waals surface area contributed by atoms with E-state index in [1.165, 1.54) is 12.0 Å². The first-order chi connectivity index (χ1) is 14.6. The fraction of sp³-hybridized carbons (Fsp3) is 0.273. The summed E-state index contributed by atoms with van der Waals surface area (Å²) in [6, 6.07) is 14.1. The highest BCUT2D eigenvalue weighted by atomic mass is 32.2. The van der Waals surface area contributed by atoms with Crippen LogP contribution >= 0.6 is 11.8 Å². The normalized spacial score (nSPS) is 13.8. The predicted molar refractivity (Wildman–Crippen MR) is 115 cm³/mol. The molecule has 0 fully saturated rings. The number of carbonyl (C=O) groups excluding carboxylic acids is 2. The number of methoxy groups -OCH3 is 2. The van der Waals surface area contributed by atoms with Gasteiger partial charge in [0.15, 0.2) is 0 Å². The number of nitrogens with zero attached hydrogens (tertiary/aromatic N) is 1. The number of carbonyl (C=O) groups is 2. The minimum absolute atomic E-state index is 0.102. The Hall–Kier alpha value is -2.97. The lowest BCUT2D eigenvalue weighted by atomic mass is 10.1. The summed E-state index contributed by atoms with van der Waals surface area (Å²) < 4.78 is 16.2. The molecule has 1 aliphatic heterocycles. The van der Waals surface area contributed by atoms with Gasteiger partial charge in [0.1, 0.15) is 23.9 Å². The average Bonchev–Trinajstić information content (AvgIpc) is 3.02. The van der Waals surface area contributed by atoms with Crippen LogP contribution in [0.25, 0.3) is 5.57 Å². The van der Waals surface area contributed by atoms with Gasteiger partial charge < -0.3 is 19.3 Å². The van der Waals surface area contributed by atoms with Gasteiger partial charge in [-0.05, 0) is 30.3 Å².